The van der Waals surface area contributed by atoms with E-state index in [-0.39, 0.29) is 0 Å². The van der Waals surface area contributed by atoms with Crippen LogP contribution in [0.5, 0.6) is 0 Å². The second-order valence-electron chi connectivity index (χ2n) is 4.66. The first-order valence-electron chi connectivity index (χ1n) is 6.49. The van der Waals surface area contributed by atoms with E-state index in [1.165, 1.54) is 49.5 Å². The lowest BCUT2D eigenvalue weighted by Crippen LogP contribution is -2.27. The zero-order valence-corrected chi connectivity index (χ0v) is 11.2. The second-order valence-corrected chi connectivity index (χ2v) is 5.88. The zero-order valence-electron chi connectivity index (χ0n) is 10.4. The fourth-order valence-corrected chi connectivity index (χ4v) is 3.20. The van der Waals surface area contributed by atoms with E-state index in [1.807, 2.05) is 12.1 Å². The third-order valence-corrected chi connectivity index (χ3v) is 4.25. The van der Waals surface area contributed by atoms with Crippen molar-refractivity contribution in [2.75, 3.05) is 36.9 Å². The van der Waals surface area contributed by atoms with Gasteiger partial charge in [0.1, 0.15) is 0 Å². The fraction of sp³-hybridized carbons (Fsp3) is 0.571. The van der Waals surface area contributed by atoms with E-state index in [1.54, 1.807) is 0 Å². The van der Waals surface area contributed by atoms with Crippen LogP contribution < -0.4 is 5.73 Å². The molecule has 94 valence electrons. The lowest BCUT2D eigenvalue weighted by atomic mass is 10.1. The molecule has 2 N–H and O–H groups in total. The molecule has 0 bridgehead atoms. The third kappa shape index (κ3) is 4.60. The topological polar surface area (TPSA) is 29.3 Å². The van der Waals surface area contributed by atoms with Crippen LogP contribution in [0, 0.1) is 0 Å². The summed E-state index contributed by atoms with van der Waals surface area (Å²) >= 11 is 2.09. The van der Waals surface area contributed by atoms with Crippen molar-refractivity contribution in [1.29, 1.82) is 0 Å². The highest BCUT2D eigenvalue weighted by molar-refractivity contribution is 7.99. The highest BCUT2D eigenvalue weighted by Crippen LogP contribution is 2.12. The van der Waals surface area contributed by atoms with Crippen LogP contribution in [-0.4, -0.2) is 36.0 Å². The van der Waals surface area contributed by atoms with E-state index in [2.05, 4.69) is 28.8 Å². The Kier molecular flexibility index (Phi) is 5.20. The maximum atomic E-state index is 5.78. The molecular formula is C14H22N2S. The molecule has 0 amide bonds. The van der Waals surface area contributed by atoms with Gasteiger partial charge in [0.25, 0.3) is 0 Å². The lowest BCUT2D eigenvalue weighted by Gasteiger charge is -2.19. The number of thioether (sulfide) groups is 1. The molecule has 0 aliphatic carbocycles. The van der Waals surface area contributed by atoms with Crippen LogP contribution >= 0.6 is 11.8 Å². The standard InChI is InChI=1S/C14H22N2S/c15-14-6-1-4-13(12-14)5-2-7-16-8-3-10-17-11-9-16/h1,4,6,12H,2-3,5,7-11,15H2. The van der Waals surface area contributed by atoms with Crippen LogP contribution in [0.3, 0.4) is 0 Å². The number of hydrogen-bond acceptors (Lipinski definition) is 3. The van der Waals surface area contributed by atoms with Crippen molar-refractivity contribution in [3.8, 4) is 0 Å². The molecule has 1 heterocycles. The molecule has 0 aromatic heterocycles. The molecule has 2 rings (SSSR count). The van der Waals surface area contributed by atoms with Gasteiger partial charge in [0.15, 0.2) is 0 Å². The van der Waals surface area contributed by atoms with Gasteiger partial charge in [0.2, 0.25) is 0 Å². The molecule has 2 nitrogen and oxygen atoms in total. The van der Waals surface area contributed by atoms with E-state index >= 15 is 0 Å². The Morgan fingerprint density at radius 2 is 2.18 bits per heavy atom. The molecule has 0 spiro atoms. The summed E-state index contributed by atoms with van der Waals surface area (Å²) in [4.78, 5) is 2.60. The monoisotopic (exact) mass is 250 g/mol. The lowest BCUT2D eigenvalue weighted by molar-refractivity contribution is 0.292. The number of nitrogens with zero attached hydrogens (tertiary/aromatic N) is 1. The van der Waals surface area contributed by atoms with Crippen molar-refractivity contribution in [3.05, 3.63) is 29.8 Å². The van der Waals surface area contributed by atoms with Gasteiger partial charge in [-0.2, -0.15) is 11.8 Å². The van der Waals surface area contributed by atoms with E-state index in [0.717, 1.165) is 12.1 Å². The average molecular weight is 250 g/mol. The fourth-order valence-electron chi connectivity index (χ4n) is 2.28. The molecule has 0 saturated carbocycles. The van der Waals surface area contributed by atoms with Gasteiger partial charge in [-0.05, 0) is 55.8 Å². The van der Waals surface area contributed by atoms with Crippen LogP contribution in [0.15, 0.2) is 24.3 Å². The molecule has 0 unspecified atom stereocenters. The van der Waals surface area contributed by atoms with Gasteiger partial charge in [0.05, 0.1) is 0 Å². The van der Waals surface area contributed by atoms with Gasteiger partial charge in [0, 0.05) is 18.0 Å². The number of hydrogen-bond donors (Lipinski definition) is 1. The molecule has 17 heavy (non-hydrogen) atoms. The highest BCUT2D eigenvalue weighted by Gasteiger charge is 2.08. The van der Waals surface area contributed by atoms with Gasteiger partial charge < -0.3 is 10.6 Å². The molecule has 0 atom stereocenters. The van der Waals surface area contributed by atoms with Crippen molar-refractivity contribution in [3.63, 3.8) is 0 Å². The Morgan fingerprint density at radius 1 is 1.24 bits per heavy atom. The third-order valence-electron chi connectivity index (χ3n) is 3.21. The van der Waals surface area contributed by atoms with Crippen molar-refractivity contribution < 1.29 is 0 Å². The maximum Gasteiger partial charge on any atom is 0.0316 e. The van der Waals surface area contributed by atoms with Gasteiger partial charge in [-0.3, -0.25) is 0 Å². The Balaban J connectivity index is 1.71. The molecule has 1 aromatic rings. The summed E-state index contributed by atoms with van der Waals surface area (Å²) in [6, 6.07) is 8.27. The molecular weight excluding hydrogens is 228 g/mol. The molecule has 1 aliphatic heterocycles. The number of aryl methyl sites for hydroxylation is 1. The summed E-state index contributed by atoms with van der Waals surface area (Å²) in [6.45, 7) is 3.78. The summed E-state index contributed by atoms with van der Waals surface area (Å²) in [6.07, 6.45) is 3.74. The summed E-state index contributed by atoms with van der Waals surface area (Å²) in [5, 5.41) is 0. The smallest absolute Gasteiger partial charge is 0.0316 e. The quantitative estimate of drug-likeness (QED) is 0.833. The van der Waals surface area contributed by atoms with Gasteiger partial charge in [-0.15, -0.1) is 0 Å². The number of nitrogen functional groups attached to an aromatic ring is 1. The SMILES string of the molecule is Nc1cccc(CCCN2CCCSCC2)c1. The van der Waals surface area contributed by atoms with Crippen molar-refractivity contribution >= 4 is 17.4 Å². The summed E-state index contributed by atoms with van der Waals surface area (Å²) in [5.74, 6) is 2.64. The normalized spacial score (nSPS) is 17.9. The molecule has 1 fully saturated rings. The predicted octanol–water partition coefficient (Wildman–Crippen LogP) is 2.64. The summed E-state index contributed by atoms with van der Waals surface area (Å²) in [5.41, 5.74) is 8.03. The molecule has 1 aliphatic rings. The van der Waals surface area contributed by atoms with E-state index in [0.29, 0.717) is 0 Å². The molecule has 3 heteroatoms. The average Bonchev–Trinajstić information content (AvgIpc) is 2.58. The number of anilines is 1. The first-order chi connectivity index (χ1) is 8.34. The van der Waals surface area contributed by atoms with Crippen LogP contribution in [0.1, 0.15) is 18.4 Å². The number of benzene rings is 1. The minimum Gasteiger partial charge on any atom is -0.399 e. The molecule has 1 saturated heterocycles. The molecule has 0 radical (unpaired) electrons. The largest absolute Gasteiger partial charge is 0.399 e. The minimum absolute atomic E-state index is 0.883. The van der Waals surface area contributed by atoms with Crippen molar-refractivity contribution in [1.82, 2.24) is 4.90 Å². The Labute approximate surface area is 109 Å². The summed E-state index contributed by atoms with van der Waals surface area (Å²) < 4.78 is 0. The zero-order chi connectivity index (χ0) is 11.9. The van der Waals surface area contributed by atoms with Crippen molar-refractivity contribution in [2.24, 2.45) is 0 Å². The second kappa shape index (κ2) is 6.92. The van der Waals surface area contributed by atoms with E-state index in [4.69, 9.17) is 5.73 Å². The minimum atomic E-state index is 0.883. The van der Waals surface area contributed by atoms with Crippen LogP contribution in [-0.2, 0) is 6.42 Å². The number of rotatable bonds is 4. The first kappa shape index (κ1) is 12.8. The number of nitrogens with two attached hydrogens (primary N) is 1. The highest BCUT2D eigenvalue weighted by atomic mass is 32.2. The van der Waals surface area contributed by atoms with Crippen LogP contribution in [0.2, 0.25) is 0 Å². The predicted molar refractivity (Wildman–Crippen MR) is 77.6 cm³/mol. The molecule has 1 aromatic carbocycles. The Bertz CT molecular complexity index is 333. The van der Waals surface area contributed by atoms with Crippen LogP contribution in [0.4, 0.5) is 5.69 Å². The summed E-state index contributed by atoms with van der Waals surface area (Å²) in [7, 11) is 0. The first-order valence-corrected chi connectivity index (χ1v) is 7.64. The van der Waals surface area contributed by atoms with Gasteiger partial charge in [-0.1, -0.05) is 12.1 Å². The maximum absolute atomic E-state index is 5.78. The van der Waals surface area contributed by atoms with E-state index in [9.17, 15) is 0 Å². The van der Waals surface area contributed by atoms with Crippen molar-refractivity contribution in [2.45, 2.75) is 19.3 Å². The Hall–Kier alpha value is -0.670. The van der Waals surface area contributed by atoms with Gasteiger partial charge in [-0.25, -0.2) is 0 Å². The van der Waals surface area contributed by atoms with Crippen LogP contribution in [0.25, 0.3) is 0 Å². The van der Waals surface area contributed by atoms with E-state index < -0.39 is 0 Å². The Morgan fingerprint density at radius 3 is 3.06 bits per heavy atom. The van der Waals surface area contributed by atoms with Gasteiger partial charge >= 0.3 is 0 Å².